The van der Waals surface area contributed by atoms with Gasteiger partial charge in [-0.05, 0) is 33.6 Å². The molecule has 0 saturated carbocycles. The van der Waals surface area contributed by atoms with Crippen molar-refractivity contribution in [3.05, 3.63) is 32.1 Å². The molecule has 0 aliphatic carbocycles. The van der Waals surface area contributed by atoms with Crippen molar-refractivity contribution in [3.63, 3.8) is 0 Å². The van der Waals surface area contributed by atoms with Crippen molar-refractivity contribution < 1.29 is 0 Å². The molecule has 0 bridgehead atoms. The maximum Gasteiger partial charge on any atom is 0.186 e. The molecule has 4 nitrogen and oxygen atoms in total. The van der Waals surface area contributed by atoms with Gasteiger partial charge in [0.25, 0.3) is 0 Å². The quantitative estimate of drug-likeness (QED) is 0.194. The van der Waals surface area contributed by atoms with E-state index in [0.717, 1.165) is 19.7 Å². The van der Waals surface area contributed by atoms with Crippen LogP contribution in [0.3, 0.4) is 0 Å². The molecule has 1 aromatic carbocycles. The normalized spacial score (nSPS) is 11.5. The van der Waals surface area contributed by atoms with Gasteiger partial charge in [0.2, 0.25) is 0 Å². The first-order valence-corrected chi connectivity index (χ1v) is 8.13. The molecule has 0 aliphatic heterocycles. The number of hydrogen-bond acceptors (Lipinski definition) is 3. The molecular weight excluding hydrogens is 504 g/mol. The summed E-state index contributed by atoms with van der Waals surface area (Å²) in [5.41, 5.74) is 9.85. The number of benzene rings is 1. The van der Waals surface area contributed by atoms with Crippen LogP contribution in [0.4, 0.5) is 5.69 Å². The van der Waals surface area contributed by atoms with Crippen LogP contribution in [0.2, 0.25) is 0 Å². The van der Waals surface area contributed by atoms with E-state index < -0.39 is 2.14 Å². The highest BCUT2D eigenvalue weighted by Gasteiger charge is 2.26. The minimum atomic E-state index is -0.533. The molecular formula is C8H2Br4N4S. The molecule has 17 heavy (non-hydrogen) atoms. The van der Waals surface area contributed by atoms with Crippen molar-refractivity contribution in [1.82, 2.24) is 4.98 Å². The fraction of sp³-hybridized carbons (Fsp3) is 0.125. The largest absolute Gasteiger partial charge is 0.238 e. The smallest absolute Gasteiger partial charge is 0.186 e. The third-order valence-electron chi connectivity index (χ3n) is 1.87. The number of fused-ring (bicyclic) bond motifs is 1. The fourth-order valence-corrected chi connectivity index (χ4v) is 3.71. The van der Waals surface area contributed by atoms with Gasteiger partial charge >= 0.3 is 0 Å². The standard InChI is InChI=1S/C8H2Br4N4S/c9-5-3(15-16-13)1-2-4-6(5)17-7(14-4)8(10,11)12/h1-2H. The highest BCUT2D eigenvalue weighted by atomic mass is 80.0. The molecule has 0 amide bonds. The van der Waals surface area contributed by atoms with Crippen molar-refractivity contribution in [1.29, 1.82) is 0 Å². The Kier molecular flexibility index (Phi) is 4.16. The van der Waals surface area contributed by atoms with E-state index in [2.05, 4.69) is 78.7 Å². The van der Waals surface area contributed by atoms with Gasteiger partial charge in [-0.2, -0.15) is 0 Å². The van der Waals surface area contributed by atoms with Crippen molar-refractivity contribution >= 4 is 91.0 Å². The molecule has 0 radical (unpaired) electrons. The van der Waals surface area contributed by atoms with E-state index in [1.54, 1.807) is 6.07 Å². The Morgan fingerprint density at radius 3 is 2.65 bits per heavy atom. The van der Waals surface area contributed by atoms with Crippen LogP contribution in [0.25, 0.3) is 20.7 Å². The first kappa shape index (κ1) is 13.8. The van der Waals surface area contributed by atoms with E-state index in [0.29, 0.717) is 5.69 Å². The lowest BCUT2D eigenvalue weighted by Gasteiger charge is -2.05. The van der Waals surface area contributed by atoms with Crippen LogP contribution in [0.15, 0.2) is 21.7 Å². The van der Waals surface area contributed by atoms with Crippen LogP contribution in [-0.4, -0.2) is 4.98 Å². The molecule has 2 rings (SSSR count). The first-order chi connectivity index (χ1) is 7.93. The van der Waals surface area contributed by atoms with Gasteiger partial charge in [-0.3, -0.25) is 0 Å². The molecule has 2 aromatic rings. The van der Waals surface area contributed by atoms with E-state index in [1.165, 1.54) is 11.3 Å². The molecule has 9 heteroatoms. The average molecular weight is 506 g/mol. The van der Waals surface area contributed by atoms with Crippen molar-refractivity contribution in [2.75, 3.05) is 0 Å². The van der Waals surface area contributed by atoms with Gasteiger partial charge in [0.1, 0.15) is 5.01 Å². The van der Waals surface area contributed by atoms with Gasteiger partial charge in [-0.1, -0.05) is 52.9 Å². The van der Waals surface area contributed by atoms with Crippen molar-refractivity contribution in [2.45, 2.75) is 2.14 Å². The van der Waals surface area contributed by atoms with E-state index in [9.17, 15) is 0 Å². The highest BCUT2D eigenvalue weighted by Crippen LogP contribution is 2.48. The van der Waals surface area contributed by atoms with Gasteiger partial charge in [-0.15, -0.1) is 11.3 Å². The Hall–Kier alpha value is 0.340. The van der Waals surface area contributed by atoms with Crippen LogP contribution >= 0.6 is 75.1 Å². The number of nitrogens with zero attached hydrogens (tertiary/aromatic N) is 4. The van der Waals surface area contributed by atoms with Crippen LogP contribution in [0.5, 0.6) is 0 Å². The molecule has 1 aromatic heterocycles. The molecule has 0 fully saturated rings. The number of halogens is 4. The van der Waals surface area contributed by atoms with Gasteiger partial charge in [-0.25, -0.2) is 4.98 Å². The molecule has 0 spiro atoms. The van der Waals surface area contributed by atoms with Crippen molar-refractivity contribution in [3.8, 4) is 0 Å². The van der Waals surface area contributed by atoms with Gasteiger partial charge in [0, 0.05) is 9.38 Å². The number of azide groups is 1. The summed E-state index contributed by atoms with van der Waals surface area (Å²) >= 11 is 15.2. The summed E-state index contributed by atoms with van der Waals surface area (Å²) in [5.74, 6) is 0. The summed E-state index contributed by atoms with van der Waals surface area (Å²) in [4.78, 5) is 7.24. The lowest BCUT2D eigenvalue weighted by Crippen LogP contribution is -1.94. The summed E-state index contributed by atoms with van der Waals surface area (Å²) in [7, 11) is 0. The number of aromatic nitrogens is 1. The number of thiazole rings is 1. The Labute approximate surface area is 134 Å². The average Bonchev–Trinajstić information content (AvgIpc) is 2.66. The first-order valence-electron chi connectivity index (χ1n) is 4.15. The van der Waals surface area contributed by atoms with E-state index in [1.807, 2.05) is 6.07 Å². The predicted octanol–water partition coefficient (Wildman–Crippen LogP) is 6.30. The Morgan fingerprint density at radius 2 is 2.06 bits per heavy atom. The summed E-state index contributed by atoms with van der Waals surface area (Å²) in [6.07, 6.45) is 0. The number of hydrogen-bond donors (Lipinski definition) is 0. The summed E-state index contributed by atoms with van der Waals surface area (Å²) in [5, 5.41) is 4.43. The fourth-order valence-electron chi connectivity index (χ4n) is 1.20. The summed E-state index contributed by atoms with van der Waals surface area (Å²) in [6, 6.07) is 3.55. The van der Waals surface area contributed by atoms with Crippen LogP contribution in [0.1, 0.15) is 5.01 Å². The predicted molar refractivity (Wildman–Crippen MR) is 84.6 cm³/mol. The zero-order valence-corrected chi connectivity index (χ0v) is 15.0. The Bertz CT molecular complexity index is 626. The topological polar surface area (TPSA) is 61.7 Å². The van der Waals surface area contributed by atoms with E-state index in [4.69, 9.17) is 5.53 Å². The zero-order chi connectivity index (χ0) is 12.6. The van der Waals surface area contributed by atoms with Gasteiger partial charge < -0.3 is 0 Å². The third-order valence-corrected chi connectivity index (χ3v) is 6.06. The molecule has 88 valence electrons. The maximum absolute atomic E-state index is 8.45. The summed E-state index contributed by atoms with van der Waals surface area (Å²) in [6.45, 7) is 0. The van der Waals surface area contributed by atoms with Crippen LogP contribution in [0, 0.1) is 0 Å². The molecule has 0 aliphatic rings. The minimum absolute atomic E-state index is 0.533. The third kappa shape index (κ3) is 2.85. The van der Waals surface area contributed by atoms with Crippen LogP contribution < -0.4 is 0 Å². The minimum Gasteiger partial charge on any atom is -0.238 e. The molecule has 0 atom stereocenters. The number of rotatable bonds is 1. The number of alkyl halides is 3. The summed E-state index contributed by atoms with van der Waals surface area (Å²) < 4.78 is 1.16. The molecule has 0 saturated heterocycles. The van der Waals surface area contributed by atoms with Crippen LogP contribution in [-0.2, 0) is 2.14 Å². The van der Waals surface area contributed by atoms with E-state index >= 15 is 0 Å². The Balaban J connectivity index is 2.70. The highest BCUT2D eigenvalue weighted by molar-refractivity contribution is 9.38. The maximum atomic E-state index is 8.45. The van der Waals surface area contributed by atoms with Gasteiger partial charge in [0.15, 0.2) is 2.14 Å². The zero-order valence-electron chi connectivity index (χ0n) is 7.86. The SMILES string of the molecule is [N-]=[N+]=Nc1ccc2nc(C(Br)(Br)Br)sc2c1Br. The lowest BCUT2D eigenvalue weighted by atomic mass is 10.3. The lowest BCUT2D eigenvalue weighted by molar-refractivity contribution is 1.28. The second-order valence-electron chi connectivity index (χ2n) is 2.95. The van der Waals surface area contributed by atoms with E-state index in [-0.39, 0.29) is 0 Å². The monoisotopic (exact) mass is 502 g/mol. The molecule has 1 heterocycles. The second-order valence-corrected chi connectivity index (χ2v) is 11.5. The Morgan fingerprint density at radius 1 is 1.35 bits per heavy atom. The molecule has 0 N–H and O–H groups in total. The second kappa shape index (κ2) is 5.14. The molecule has 0 unspecified atom stereocenters. The van der Waals surface area contributed by atoms with Crippen molar-refractivity contribution in [2.24, 2.45) is 5.11 Å². The van der Waals surface area contributed by atoms with Gasteiger partial charge in [0.05, 0.1) is 15.9 Å².